The van der Waals surface area contributed by atoms with E-state index in [2.05, 4.69) is 10.5 Å². The highest BCUT2D eigenvalue weighted by molar-refractivity contribution is 5.94. The fourth-order valence-electron chi connectivity index (χ4n) is 3.25. The van der Waals surface area contributed by atoms with Crippen LogP contribution in [-0.2, 0) is 4.79 Å². The largest absolute Gasteiger partial charge is 0.493 e. The Balaban J connectivity index is 1.67. The number of carbonyl (C=O) groups is 2. The predicted octanol–water partition coefficient (Wildman–Crippen LogP) is 4.08. The van der Waals surface area contributed by atoms with Crippen molar-refractivity contribution >= 4 is 18.1 Å². The van der Waals surface area contributed by atoms with E-state index >= 15 is 0 Å². The minimum Gasteiger partial charge on any atom is -0.493 e. The van der Waals surface area contributed by atoms with Crippen molar-refractivity contribution < 1.29 is 33.3 Å². The highest BCUT2D eigenvalue weighted by Crippen LogP contribution is 2.38. The van der Waals surface area contributed by atoms with E-state index in [1.165, 1.54) is 39.7 Å². The molecule has 0 heterocycles. The van der Waals surface area contributed by atoms with E-state index in [0.29, 0.717) is 28.6 Å². The van der Waals surface area contributed by atoms with Gasteiger partial charge in [-0.15, -0.1) is 0 Å². The summed E-state index contributed by atoms with van der Waals surface area (Å²) in [6, 6.07) is 15.5. The van der Waals surface area contributed by atoms with Crippen molar-refractivity contribution in [2.75, 3.05) is 27.9 Å². The molecule has 0 aliphatic carbocycles. The molecule has 9 nitrogen and oxygen atoms in total. The van der Waals surface area contributed by atoms with Crippen LogP contribution in [0.4, 0.5) is 0 Å². The first-order valence-corrected chi connectivity index (χ1v) is 11.0. The van der Waals surface area contributed by atoms with Gasteiger partial charge < -0.3 is 23.7 Å². The maximum Gasteiger partial charge on any atom is 0.343 e. The van der Waals surface area contributed by atoms with Crippen LogP contribution in [0.5, 0.6) is 28.7 Å². The Kier molecular flexibility index (Phi) is 8.88. The standard InChI is InChI=1S/C27H28N2O7/c1-17-10-11-18(2)22(12-17)35-16-25(30)29-28-15-19-8-6-7-9-21(19)36-27(31)20-13-23(32-3)26(34-5)24(14-20)33-4/h6-15H,16H2,1-5H3,(H,29,30)/b28-15+. The maximum atomic E-state index is 12.9. The van der Waals surface area contributed by atoms with Gasteiger partial charge in [-0.1, -0.05) is 24.3 Å². The SMILES string of the molecule is COc1cc(C(=O)Oc2ccccc2/C=N/NC(=O)COc2cc(C)ccc2C)cc(OC)c1OC. The highest BCUT2D eigenvalue weighted by Gasteiger charge is 2.19. The first kappa shape index (κ1) is 26.1. The lowest BCUT2D eigenvalue weighted by atomic mass is 10.1. The number of benzene rings is 3. The Labute approximate surface area is 209 Å². The first-order valence-electron chi connectivity index (χ1n) is 11.0. The monoisotopic (exact) mass is 492 g/mol. The number of rotatable bonds is 10. The topological polar surface area (TPSA) is 105 Å². The number of hydrogen-bond acceptors (Lipinski definition) is 8. The number of nitrogens with one attached hydrogen (secondary N) is 1. The quantitative estimate of drug-likeness (QED) is 0.197. The van der Waals surface area contributed by atoms with E-state index in [1.54, 1.807) is 24.3 Å². The second kappa shape index (κ2) is 12.3. The number of hydrazone groups is 1. The zero-order valence-electron chi connectivity index (χ0n) is 20.8. The van der Waals surface area contributed by atoms with Gasteiger partial charge in [0.1, 0.15) is 11.5 Å². The van der Waals surface area contributed by atoms with Gasteiger partial charge in [0, 0.05) is 5.56 Å². The van der Waals surface area contributed by atoms with Crippen molar-refractivity contribution in [2.24, 2.45) is 5.10 Å². The van der Waals surface area contributed by atoms with Gasteiger partial charge in [-0.3, -0.25) is 4.79 Å². The maximum absolute atomic E-state index is 12.9. The van der Waals surface area contributed by atoms with Gasteiger partial charge in [0.05, 0.1) is 33.1 Å². The molecule has 3 aromatic rings. The van der Waals surface area contributed by atoms with Crippen molar-refractivity contribution in [3.63, 3.8) is 0 Å². The van der Waals surface area contributed by atoms with E-state index in [4.69, 9.17) is 23.7 Å². The lowest BCUT2D eigenvalue weighted by Gasteiger charge is -2.14. The van der Waals surface area contributed by atoms with Gasteiger partial charge >= 0.3 is 5.97 Å². The molecule has 0 spiro atoms. The molecule has 3 aromatic carbocycles. The molecule has 0 atom stereocenters. The van der Waals surface area contributed by atoms with Crippen molar-refractivity contribution in [1.29, 1.82) is 0 Å². The van der Waals surface area contributed by atoms with Crippen LogP contribution in [-0.4, -0.2) is 46.0 Å². The van der Waals surface area contributed by atoms with E-state index in [-0.39, 0.29) is 17.9 Å². The van der Waals surface area contributed by atoms with Gasteiger partial charge in [-0.05, 0) is 55.3 Å². The number of methoxy groups -OCH3 is 3. The number of aryl methyl sites for hydroxylation is 2. The predicted molar refractivity (Wildman–Crippen MR) is 135 cm³/mol. The van der Waals surface area contributed by atoms with Crippen molar-refractivity contribution in [3.05, 3.63) is 76.9 Å². The average Bonchev–Trinajstić information content (AvgIpc) is 2.89. The van der Waals surface area contributed by atoms with Crippen LogP contribution in [0.15, 0.2) is 59.7 Å². The van der Waals surface area contributed by atoms with Crippen molar-refractivity contribution in [2.45, 2.75) is 13.8 Å². The van der Waals surface area contributed by atoms with Crippen LogP contribution >= 0.6 is 0 Å². The Hall–Kier alpha value is -4.53. The molecule has 0 bridgehead atoms. The molecule has 0 saturated heterocycles. The third-order valence-corrected chi connectivity index (χ3v) is 5.12. The van der Waals surface area contributed by atoms with E-state index in [1.807, 2.05) is 32.0 Å². The third-order valence-electron chi connectivity index (χ3n) is 5.12. The number of nitrogens with zero attached hydrogens (tertiary/aromatic N) is 1. The second-order valence-electron chi connectivity index (χ2n) is 7.69. The van der Waals surface area contributed by atoms with Gasteiger partial charge in [-0.25, -0.2) is 10.2 Å². The number of carbonyl (C=O) groups excluding carboxylic acids is 2. The number of hydrogen-bond donors (Lipinski definition) is 1. The summed E-state index contributed by atoms with van der Waals surface area (Å²) in [5, 5.41) is 3.96. The summed E-state index contributed by atoms with van der Waals surface area (Å²) in [7, 11) is 4.39. The molecule has 3 rings (SSSR count). The molecular weight excluding hydrogens is 464 g/mol. The van der Waals surface area contributed by atoms with Crippen molar-refractivity contribution in [3.8, 4) is 28.7 Å². The Morgan fingerprint density at radius 3 is 2.22 bits per heavy atom. The lowest BCUT2D eigenvalue weighted by Crippen LogP contribution is -2.24. The smallest absolute Gasteiger partial charge is 0.343 e. The summed E-state index contributed by atoms with van der Waals surface area (Å²) in [6.07, 6.45) is 1.38. The average molecular weight is 493 g/mol. The Morgan fingerprint density at radius 2 is 1.56 bits per heavy atom. The normalized spacial score (nSPS) is 10.6. The molecule has 0 fully saturated rings. The molecule has 188 valence electrons. The van der Waals surface area contributed by atoms with Gasteiger partial charge in [0.15, 0.2) is 18.1 Å². The second-order valence-corrected chi connectivity index (χ2v) is 7.69. The number of para-hydroxylation sites is 1. The highest BCUT2D eigenvalue weighted by atomic mass is 16.5. The van der Waals surface area contributed by atoms with Crippen LogP contribution < -0.4 is 29.1 Å². The molecular formula is C27H28N2O7. The van der Waals surface area contributed by atoms with Gasteiger partial charge in [-0.2, -0.15) is 5.10 Å². The Bertz CT molecular complexity index is 1250. The Morgan fingerprint density at radius 1 is 0.861 bits per heavy atom. The molecule has 1 amide bonds. The number of ether oxygens (including phenoxy) is 5. The fraction of sp³-hybridized carbons (Fsp3) is 0.222. The van der Waals surface area contributed by atoms with E-state index in [9.17, 15) is 9.59 Å². The molecule has 36 heavy (non-hydrogen) atoms. The molecule has 0 saturated carbocycles. The lowest BCUT2D eigenvalue weighted by molar-refractivity contribution is -0.123. The summed E-state index contributed by atoms with van der Waals surface area (Å²) in [6.45, 7) is 3.66. The zero-order chi connectivity index (χ0) is 26.1. The van der Waals surface area contributed by atoms with Crippen LogP contribution in [0.2, 0.25) is 0 Å². The molecule has 0 radical (unpaired) electrons. The van der Waals surface area contributed by atoms with Gasteiger partial charge in [0.2, 0.25) is 5.75 Å². The number of amides is 1. The number of esters is 1. The summed E-state index contributed by atoms with van der Waals surface area (Å²) in [4.78, 5) is 25.0. The molecule has 0 aromatic heterocycles. The van der Waals surface area contributed by atoms with Crippen LogP contribution in [0.25, 0.3) is 0 Å². The molecule has 9 heteroatoms. The van der Waals surface area contributed by atoms with E-state index in [0.717, 1.165) is 11.1 Å². The molecule has 0 aliphatic rings. The van der Waals surface area contributed by atoms with Crippen LogP contribution in [0.3, 0.4) is 0 Å². The summed E-state index contributed by atoms with van der Waals surface area (Å²) in [5.41, 5.74) is 5.06. The zero-order valence-corrected chi connectivity index (χ0v) is 20.8. The molecule has 0 aliphatic heterocycles. The molecule has 1 N–H and O–H groups in total. The minimum absolute atomic E-state index is 0.195. The molecule has 0 unspecified atom stereocenters. The van der Waals surface area contributed by atoms with Crippen LogP contribution in [0.1, 0.15) is 27.0 Å². The summed E-state index contributed by atoms with van der Waals surface area (Å²) >= 11 is 0. The summed E-state index contributed by atoms with van der Waals surface area (Å²) < 4.78 is 27.0. The van der Waals surface area contributed by atoms with E-state index < -0.39 is 11.9 Å². The van der Waals surface area contributed by atoms with Crippen molar-refractivity contribution in [1.82, 2.24) is 5.43 Å². The first-order chi connectivity index (χ1) is 17.4. The van der Waals surface area contributed by atoms with Crippen LogP contribution in [0, 0.1) is 13.8 Å². The summed E-state index contributed by atoms with van der Waals surface area (Å²) in [5.74, 6) is 0.828. The fourth-order valence-corrected chi connectivity index (χ4v) is 3.25. The minimum atomic E-state index is -0.638. The third kappa shape index (κ3) is 6.53. The van der Waals surface area contributed by atoms with Gasteiger partial charge in [0.25, 0.3) is 5.91 Å².